The van der Waals surface area contributed by atoms with E-state index in [-0.39, 0.29) is 23.9 Å². The van der Waals surface area contributed by atoms with Crippen molar-refractivity contribution in [3.63, 3.8) is 0 Å². The van der Waals surface area contributed by atoms with Crippen molar-refractivity contribution < 1.29 is 0 Å². The molecule has 1 aromatic heterocycles. The average Bonchev–Trinajstić information content (AvgIpc) is 3.92. The van der Waals surface area contributed by atoms with Crippen LogP contribution in [0.5, 0.6) is 0 Å². The highest BCUT2D eigenvalue weighted by atomic mass is 15.2. The van der Waals surface area contributed by atoms with Gasteiger partial charge in [-0.25, -0.2) is 0 Å². The molecule has 0 radical (unpaired) electrons. The number of nitrogens with zero attached hydrogens (tertiary/aromatic N) is 6. The van der Waals surface area contributed by atoms with Crippen LogP contribution in [0.2, 0.25) is 0 Å². The van der Waals surface area contributed by atoms with Crippen LogP contribution in [0.3, 0.4) is 0 Å². The van der Waals surface area contributed by atoms with Crippen molar-refractivity contribution in [2.24, 2.45) is 11.8 Å². The number of aromatic nitrogens is 1. The Morgan fingerprint density at radius 2 is 1.16 bits per heavy atom. The number of anilines is 6. The first-order chi connectivity index (χ1) is 34.0. The molecule has 69 heavy (non-hydrogen) atoms. The lowest BCUT2D eigenvalue weighted by Gasteiger charge is -2.38. The zero-order valence-corrected chi connectivity index (χ0v) is 38.3. The van der Waals surface area contributed by atoms with Gasteiger partial charge in [0, 0.05) is 68.1 Å². The summed E-state index contributed by atoms with van der Waals surface area (Å²) < 4.78 is 2.42. The smallest absolute Gasteiger partial charge is 0.0991 e. The molecular formula is C63H48N6. The second-order valence-corrected chi connectivity index (χ2v) is 18.3. The SMILES string of the molecule is CC1C=C2C(=CC1N(c1ccc(C#N)cc1)c1ccc(-c3ccc(N(c4ccc(C#N)cc4)c4ccc5c(c4)c4ccccc4n5C4=CC=CCC4)cc3)cc1)C1C=CC=CC1N2c1ccccc1. The third kappa shape index (κ3) is 7.35. The lowest BCUT2D eigenvalue weighted by Crippen LogP contribution is -2.37. The predicted molar refractivity (Wildman–Crippen MR) is 284 cm³/mol. The molecule has 0 bridgehead atoms. The van der Waals surface area contributed by atoms with Crippen molar-refractivity contribution >= 4 is 61.6 Å². The molecule has 7 aromatic carbocycles. The van der Waals surface area contributed by atoms with Gasteiger partial charge in [0.2, 0.25) is 0 Å². The average molecular weight is 889 g/mol. The Morgan fingerprint density at radius 1 is 0.565 bits per heavy atom. The molecule has 8 aromatic rings. The molecule has 6 nitrogen and oxygen atoms in total. The third-order valence-electron chi connectivity index (χ3n) is 14.3. The van der Waals surface area contributed by atoms with E-state index < -0.39 is 0 Å². The Balaban J connectivity index is 0.892. The van der Waals surface area contributed by atoms with Crippen molar-refractivity contribution in [3.8, 4) is 23.3 Å². The number of para-hydroxylation sites is 2. The van der Waals surface area contributed by atoms with Gasteiger partial charge in [0.1, 0.15) is 0 Å². The van der Waals surface area contributed by atoms with Crippen LogP contribution in [0.4, 0.5) is 34.1 Å². The van der Waals surface area contributed by atoms with Gasteiger partial charge in [-0.15, -0.1) is 0 Å². The summed E-state index contributed by atoms with van der Waals surface area (Å²) >= 11 is 0. The summed E-state index contributed by atoms with van der Waals surface area (Å²) in [6.07, 6.45) is 22.7. The summed E-state index contributed by atoms with van der Waals surface area (Å²) in [5.74, 6) is 0.417. The number of hydrogen-bond acceptors (Lipinski definition) is 5. The zero-order chi connectivity index (χ0) is 46.4. The van der Waals surface area contributed by atoms with E-state index >= 15 is 0 Å². The molecule has 3 aliphatic carbocycles. The number of benzene rings is 7. The molecule has 0 amide bonds. The third-order valence-corrected chi connectivity index (χ3v) is 14.3. The fourth-order valence-electron chi connectivity index (χ4n) is 11.0. The Kier molecular flexibility index (Phi) is 10.5. The summed E-state index contributed by atoms with van der Waals surface area (Å²) in [5.41, 5.74) is 16.2. The summed E-state index contributed by atoms with van der Waals surface area (Å²) in [6.45, 7) is 2.32. The molecule has 6 heteroatoms. The standard InChI is InChI=1S/C63H48N6/c1-43-38-63-58(56-17-9-11-19-60(56)69(63)49-14-6-3-7-15-49)40-62(43)67(52-30-22-45(42-65)23-31-52)53-34-26-47(27-35-53)46-24-32-51(33-25-46)66(50-28-20-44(41-64)21-29-50)54-36-37-61-57(39-54)55-16-8-10-18-59(55)68(61)48-12-4-2-5-13-48/h2-4,6-12,14-40,43,56,60,62H,5,13H2,1H3. The van der Waals surface area contributed by atoms with E-state index in [0.29, 0.717) is 11.1 Å². The molecule has 1 aliphatic heterocycles. The van der Waals surface area contributed by atoms with E-state index in [0.717, 1.165) is 52.4 Å². The maximum absolute atomic E-state index is 9.73. The van der Waals surface area contributed by atoms with Crippen LogP contribution in [0, 0.1) is 34.5 Å². The number of hydrogen-bond donors (Lipinski definition) is 0. The largest absolute Gasteiger partial charge is 0.334 e. The highest BCUT2D eigenvalue weighted by Crippen LogP contribution is 2.49. The summed E-state index contributed by atoms with van der Waals surface area (Å²) in [4.78, 5) is 7.22. The molecule has 4 unspecified atom stereocenters. The molecule has 330 valence electrons. The Labute approximate surface area is 403 Å². The molecule has 4 atom stereocenters. The topological polar surface area (TPSA) is 62.2 Å². The minimum absolute atomic E-state index is 0.0305. The van der Waals surface area contributed by atoms with Gasteiger partial charge in [-0.05, 0) is 145 Å². The van der Waals surface area contributed by atoms with Gasteiger partial charge in [0.05, 0.1) is 46.4 Å². The molecule has 2 heterocycles. The monoisotopic (exact) mass is 888 g/mol. The first kappa shape index (κ1) is 41.6. The van der Waals surface area contributed by atoms with Crippen molar-refractivity contribution in [1.29, 1.82) is 10.5 Å². The molecule has 1 fully saturated rings. The van der Waals surface area contributed by atoms with Gasteiger partial charge in [-0.3, -0.25) is 0 Å². The van der Waals surface area contributed by atoms with Crippen LogP contribution < -0.4 is 14.7 Å². The van der Waals surface area contributed by atoms with Gasteiger partial charge in [0.25, 0.3) is 0 Å². The van der Waals surface area contributed by atoms with Gasteiger partial charge in [0.15, 0.2) is 0 Å². The lowest BCUT2D eigenvalue weighted by molar-refractivity contribution is 0.597. The quantitative estimate of drug-likeness (QED) is 0.144. The molecule has 4 aliphatic rings. The number of nitriles is 2. The number of fused-ring (bicyclic) bond motifs is 6. The number of allylic oxidation sites excluding steroid dienone is 7. The van der Waals surface area contributed by atoms with Crippen LogP contribution in [-0.4, -0.2) is 16.7 Å². The van der Waals surface area contributed by atoms with E-state index in [1.54, 1.807) is 0 Å². The van der Waals surface area contributed by atoms with Crippen molar-refractivity contribution in [3.05, 3.63) is 247 Å². The van der Waals surface area contributed by atoms with Crippen LogP contribution in [0.25, 0.3) is 38.6 Å². The van der Waals surface area contributed by atoms with Crippen LogP contribution in [0.1, 0.15) is 30.9 Å². The summed E-state index contributed by atoms with van der Waals surface area (Å²) in [5, 5.41) is 21.8. The first-order valence-corrected chi connectivity index (χ1v) is 23.9. The lowest BCUT2D eigenvalue weighted by atomic mass is 9.83. The second-order valence-electron chi connectivity index (χ2n) is 18.3. The molecule has 0 saturated carbocycles. The van der Waals surface area contributed by atoms with Gasteiger partial charge in [-0.2, -0.15) is 10.5 Å². The maximum Gasteiger partial charge on any atom is 0.0991 e. The zero-order valence-electron chi connectivity index (χ0n) is 38.3. The summed E-state index contributed by atoms with van der Waals surface area (Å²) in [6, 6.07) is 64.6. The van der Waals surface area contributed by atoms with Crippen LogP contribution in [-0.2, 0) is 0 Å². The predicted octanol–water partition coefficient (Wildman–Crippen LogP) is 15.5. The fraction of sp³-hybridized carbons (Fsp3) is 0.111. The van der Waals surface area contributed by atoms with Crippen LogP contribution >= 0.6 is 0 Å². The second kappa shape index (κ2) is 17.4. The first-order valence-electron chi connectivity index (χ1n) is 23.9. The fourth-order valence-corrected chi connectivity index (χ4v) is 11.0. The van der Waals surface area contributed by atoms with Gasteiger partial charge >= 0.3 is 0 Å². The molecule has 1 saturated heterocycles. The van der Waals surface area contributed by atoms with Crippen molar-refractivity contribution in [1.82, 2.24) is 4.57 Å². The Hall–Kier alpha value is -8.84. The van der Waals surface area contributed by atoms with Gasteiger partial charge in [-0.1, -0.05) is 116 Å². The molecule has 0 N–H and O–H groups in total. The normalized spacial score (nSPS) is 19.0. The Morgan fingerprint density at radius 3 is 1.83 bits per heavy atom. The molecule has 0 spiro atoms. The minimum atomic E-state index is 0.0305. The number of rotatable bonds is 9. The summed E-state index contributed by atoms with van der Waals surface area (Å²) in [7, 11) is 0. The van der Waals surface area contributed by atoms with Crippen LogP contribution in [0.15, 0.2) is 236 Å². The van der Waals surface area contributed by atoms with Gasteiger partial charge < -0.3 is 19.3 Å². The van der Waals surface area contributed by atoms with Crippen molar-refractivity contribution in [2.45, 2.75) is 31.8 Å². The van der Waals surface area contributed by atoms with E-state index in [1.807, 2.05) is 36.4 Å². The Bertz CT molecular complexity index is 3540. The van der Waals surface area contributed by atoms with E-state index in [2.05, 4.69) is 226 Å². The highest BCUT2D eigenvalue weighted by Gasteiger charge is 2.43. The van der Waals surface area contributed by atoms with E-state index in [9.17, 15) is 10.5 Å². The molecular weight excluding hydrogens is 841 g/mol. The van der Waals surface area contributed by atoms with Crippen molar-refractivity contribution in [2.75, 3.05) is 14.7 Å². The highest BCUT2D eigenvalue weighted by molar-refractivity contribution is 6.11. The van der Waals surface area contributed by atoms with E-state index in [1.165, 1.54) is 44.5 Å². The van der Waals surface area contributed by atoms with E-state index in [4.69, 9.17) is 0 Å². The molecule has 12 rings (SSSR count). The maximum atomic E-state index is 9.73. The minimum Gasteiger partial charge on any atom is -0.334 e.